The Balaban J connectivity index is 1.83. The summed E-state index contributed by atoms with van der Waals surface area (Å²) in [6, 6.07) is 11.7. The molecule has 2 atom stereocenters. The fraction of sp³-hybridized carbons (Fsp3) is 0.500. The molecule has 0 aromatic heterocycles. The van der Waals surface area contributed by atoms with Crippen LogP contribution in [0.25, 0.3) is 0 Å². The molecule has 0 spiro atoms. The molecule has 0 aliphatic carbocycles. The van der Waals surface area contributed by atoms with Gasteiger partial charge in [0.05, 0.1) is 46.0 Å². The Morgan fingerprint density at radius 1 is 1.00 bits per heavy atom. The highest BCUT2D eigenvalue weighted by atomic mass is 16.5. The topological polar surface area (TPSA) is 81.0 Å². The first-order chi connectivity index (χ1) is 16.8. The number of fused-ring (bicyclic) bond motifs is 1. The lowest BCUT2D eigenvalue weighted by Crippen LogP contribution is -2.43. The van der Waals surface area contributed by atoms with Crippen LogP contribution in [0.5, 0.6) is 23.0 Å². The summed E-state index contributed by atoms with van der Waals surface area (Å²) in [4.78, 5) is 15.5. The van der Waals surface area contributed by atoms with E-state index in [1.54, 1.807) is 34.5 Å². The quantitative estimate of drug-likeness (QED) is 0.473. The smallest absolute Gasteiger partial charge is 0.180 e. The lowest BCUT2D eigenvalue weighted by molar-refractivity contribution is 0.0793. The fourth-order valence-electron chi connectivity index (χ4n) is 5.10. The largest absolute Gasteiger partial charge is 0.493 e. The molecule has 35 heavy (non-hydrogen) atoms. The number of benzene rings is 2. The molecule has 0 fully saturated rings. The minimum atomic E-state index is -0.704. The van der Waals surface area contributed by atoms with E-state index < -0.39 is 5.41 Å². The summed E-state index contributed by atoms with van der Waals surface area (Å²) in [6.07, 6.45) is 2.02. The molecule has 7 heteroatoms. The maximum absolute atomic E-state index is 13.4. The molecule has 0 radical (unpaired) electrons. The average Bonchev–Trinajstić information content (AvgIpc) is 2.87. The van der Waals surface area contributed by atoms with Crippen molar-refractivity contribution in [1.82, 2.24) is 4.90 Å². The number of carbonyl (C=O) groups excluding carboxylic acids is 1. The first-order valence-corrected chi connectivity index (χ1v) is 11.9. The fourth-order valence-corrected chi connectivity index (χ4v) is 5.10. The number of carbonyl (C=O) groups is 1. The Bertz CT molecular complexity index is 1110. The summed E-state index contributed by atoms with van der Waals surface area (Å²) in [5.74, 6) is 2.56. The number of hydrogen-bond acceptors (Lipinski definition) is 7. The van der Waals surface area contributed by atoms with Gasteiger partial charge in [0.25, 0.3) is 0 Å². The Kier molecular flexibility index (Phi) is 8.29. The zero-order chi connectivity index (χ0) is 25.8. The van der Waals surface area contributed by atoms with Crippen LogP contribution >= 0.6 is 0 Å². The summed E-state index contributed by atoms with van der Waals surface area (Å²) >= 11 is 0. The number of hydrogen-bond donors (Lipinski definition) is 0. The molecule has 0 saturated heterocycles. The molecule has 2 unspecified atom stereocenters. The van der Waals surface area contributed by atoms with Gasteiger partial charge in [-0.1, -0.05) is 19.9 Å². The summed E-state index contributed by atoms with van der Waals surface area (Å²) < 4.78 is 21.7. The minimum Gasteiger partial charge on any atom is -0.493 e. The zero-order valence-corrected chi connectivity index (χ0v) is 21.8. The van der Waals surface area contributed by atoms with Crippen molar-refractivity contribution in [2.24, 2.45) is 5.92 Å². The summed E-state index contributed by atoms with van der Waals surface area (Å²) in [5.41, 5.74) is 1.81. The SMILES string of the molecule is COc1ccc(C(C#N)(CCCC2C(=O)c3cc(OC)c(OC)cc3CN2C)C(C)C)cc1OC. The predicted octanol–water partition coefficient (Wildman–Crippen LogP) is 5.01. The van der Waals surface area contributed by atoms with Crippen LogP contribution in [-0.4, -0.2) is 52.2 Å². The first-order valence-electron chi connectivity index (χ1n) is 11.9. The van der Waals surface area contributed by atoms with E-state index >= 15 is 0 Å². The second-order valence-corrected chi connectivity index (χ2v) is 9.36. The number of nitrogens with zero attached hydrogens (tertiary/aromatic N) is 2. The number of likely N-dealkylation sites (N-methyl/N-ethyl adjacent to an activating group) is 1. The molecule has 7 nitrogen and oxygen atoms in total. The van der Waals surface area contributed by atoms with E-state index in [0.29, 0.717) is 47.9 Å². The van der Waals surface area contributed by atoms with E-state index in [1.165, 1.54) is 0 Å². The van der Waals surface area contributed by atoms with Crippen LogP contribution in [0.3, 0.4) is 0 Å². The molecule has 0 bridgehead atoms. The number of rotatable bonds is 10. The van der Waals surface area contributed by atoms with Gasteiger partial charge in [0, 0.05) is 12.1 Å². The predicted molar refractivity (Wildman–Crippen MR) is 135 cm³/mol. The van der Waals surface area contributed by atoms with Crippen LogP contribution in [0, 0.1) is 17.2 Å². The number of ketones is 1. The second kappa shape index (κ2) is 11.0. The van der Waals surface area contributed by atoms with E-state index in [9.17, 15) is 10.1 Å². The summed E-state index contributed by atoms with van der Waals surface area (Å²) in [7, 11) is 8.33. The number of nitriles is 1. The Morgan fingerprint density at radius 3 is 2.17 bits per heavy atom. The summed E-state index contributed by atoms with van der Waals surface area (Å²) in [6.45, 7) is 4.77. The first kappa shape index (κ1) is 26.4. The van der Waals surface area contributed by atoms with Gasteiger partial charge in [0.2, 0.25) is 0 Å². The molecule has 1 aliphatic rings. The van der Waals surface area contributed by atoms with E-state index in [2.05, 4.69) is 24.8 Å². The van der Waals surface area contributed by atoms with Gasteiger partial charge in [-0.25, -0.2) is 0 Å². The van der Waals surface area contributed by atoms with Gasteiger partial charge in [-0.15, -0.1) is 0 Å². The second-order valence-electron chi connectivity index (χ2n) is 9.36. The molecule has 0 saturated carbocycles. The zero-order valence-electron chi connectivity index (χ0n) is 21.8. The standard InChI is InChI=1S/C28H36N2O5/c1-18(2)28(17-29,20-10-11-23(32-4)25(14-20)34-6)12-8-9-22-27(31)21-15-26(35-7)24(33-5)13-19(21)16-30(22)3/h10-11,13-15,18,22H,8-9,12,16H2,1-7H3. The van der Waals surface area contributed by atoms with Crippen molar-refractivity contribution < 1.29 is 23.7 Å². The molecule has 0 N–H and O–H groups in total. The highest BCUT2D eigenvalue weighted by Gasteiger charge is 2.38. The highest BCUT2D eigenvalue weighted by Crippen LogP contribution is 2.41. The Hall–Kier alpha value is -3.24. The van der Waals surface area contributed by atoms with Crippen molar-refractivity contribution in [3.05, 3.63) is 47.0 Å². The van der Waals surface area contributed by atoms with Crippen LogP contribution in [0.15, 0.2) is 30.3 Å². The van der Waals surface area contributed by atoms with Crippen molar-refractivity contribution in [3.63, 3.8) is 0 Å². The van der Waals surface area contributed by atoms with Crippen LogP contribution in [-0.2, 0) is 12.0 Å². The third kappa shape index (κ3) is 4.94. The van der Waals surface area contributed by atoms with Gasteiger partial charge in [0.1, 0.15) is 0 Å². The Morgan fingerprint density at radius 2 is 1.60 bits per heavy atom. The molecule has 188 valence electrons. The number of methoxy groups -OCH3 is 4. The molecular formula is C28H36N2O5. The normalized spacial score (nSPS) is 17.3. The molecule has 1 aliphatic heterocycles. The molecule has 0 amide bonds. The van der Waals surface area contributed by atoms with Crippen molar-refractivity contribution in [1.29, 1.82) is 5.26 Å². The lowest BCUT2D eigenvalue weighted by Gasteiger charge is -2.35. The molecule has 2 aromatic rings. The molecule has 2 aromatic carbocycles. The van der Waals surface area contributed by atoms with E-state index in [1.807, 2.05) is 31.3 Å². The van der Waals surface area contributed by atoms with Crippen molar-refractivity contribution >= 4 is 5.78 Å². The van der Waals surface area contributed by atoms with Gasteiger partial charge < -0.3 is 18.9 Å². The van der Waals surface area contributed by atoms with Crippen LogP contribution < -0.4 is 18.9 Å². The molecule has 1 heterocycles. The number of Topliss-reactive ketones (excluding diaryl/α,β-unsaturated/α-hetero) is 1. The number of ether oxygens (including phenoxy) is 4. The van der Waals surface area contributed by atoms with Gasteiger partial charge in [-0.2, -0.15) is 5.26 Å². The third-order valence-electron chi connectivity index (χ3n) is 7.26. The van der Waals surface area contributed by atoms with Crippen molar-refractivity contribution in [2.45, 2.75) is 51.1 Å². The van der Waals surface area contributed by atoms with E-state index in [0.717, 1.165) is 17.5 Å². The van der Waals surface area contributed by atoms with Crippen LogP contribution in [0.4, 0.5) is 0 Å². The molecular weight excluding hydrogens is 444 g/mol. The third-order valence-corrected chi connectivity index (χ3v) is 7.26. The van der Waals surface area contributed by atoms with E-state index in [-0.39, 0.29) is 17.7 Å². The summed E-state index contributed by atoms with van der Waals surface area (Å²) in [5, 5.41) is 10.3. The van der Waals surface area contributed by atoms with Crippen molar-refractivity contribution in [3.8, 4) is 29.1 Å². The van der Waals surface area contributed by atoms with Crippen LogP contribution in [0.2, 0.25) is 0 Å². The van der Waals surface area contributed by atoms with Gasteiger partial charge in [0.15, 0.2) is 28.8 Å². The van der Waals surface area contributed by atoms with Gasteiger partial charge >= 0.3 is 0 Å². The van der Waals surface area contributed by atoms with Crippen molar-refractivity contribution in [2.75, 3.05) is 35.5 Å². The molecule has 3 rings (SSSR count). The average molecular weight is 481 g/mol. The highest BCUT2D eigenvalue weighted by molar-refractivity contribution is 6.02. The lowest BCUT2D eigenvalue weighted by atomic mass is 9.69. The maximum atomic E-state index is 13.4. The van der Waals surface area contributed by atoms with Crippen LogP contribution in [0.1, 0.15) is 54.6 Å². The van der Waals surface area contributed by atoms with E-state index in [4.69, 9.17) is 18.9 Å². The van der Waals surface area contributed by atoms with Gasteiger partial charge in [-0.3, -0.25) is 9.69 Å². The monoisotopic (exact) mass is 480 g/mol. The maximum Gasteiger partial charge on any atom is 0.180 e. The Labute approximate surface area is 208 Å². The van der Waals surface area contributed by atoms with Gasteiger partial charge in [-0.05, 0) is 67.6 Å². The minimum absolute atomic E-state index is 0.0721.